The number of rotatable bonds is 6. The highest BCUT2D eigenvalue weighted by Gasteiger charge is 2.03. The average molecular weight is 338 g/mol. The Kier molecular flexibility index (Phi) is 5.18. The Morgan fingerprint density at radius 1 is 1.05 bits per heavy atom. The van der Waals surface area contributed by atoms with Gasteiger partial charge >= 0.3 is 0 Å². The van der Waals surface area contributed by atoms with Gasteiger partial charge in [-0.05, 0) is 22.0 Å². The summed E-state index contributed by atoms with van der Waals surface area (Å²) in [4.78, 5) is 12.9. The molecule has 3 nitrogen and oxygen atoms in total. The molecule has 0 saturated carbocycles. The van der Waals surface area contributed by atoms with Crippen LogP contribution < -0.4 is 0 Å². The number of hydrogen-bond acceptors (Lipinski definition) is 7. The number of aromatic nitrogens is 3. The van der Waals surface area contributed by atoms with Crippen LogP contribution in [0.25, 0.3) is 10.2 Å². The van der Waals surface area contributed by atoms with Crippen LogP contribution in [0.15, 0.2) is 42.9 Å². The molecule has 0 aliphatic carbocycles. The fourth-order valence-electron chi connectivity index (χ4n) is 1.58. The fourth-order valence-corrected chi connectivity index (χ4v) is 6.25. The first-order chi connectivity index (χ1) is 9.92. The Bertz CT molecular complexity index is 638. The monoisotopic (exact) mass is 337 g/mol. The lowest BCUT2D eigenvalue weighted by molar-refractivity contribution is 1.10. The molecule has 20 heavy (non-hydrogen) atoms. The predicted molar refractivity (Wildman–Crippen MR) is 91.8 cm³/mol. The van der Waals surface area contributed by atoms with Gasteiger partial charge in [-0.15, -0.1) is 11.3 Å². The second-order valence-electron chi connectivity index (χ2n) is 3.86. The maximum absolute atomic E-state index is 4.62. The number of benzene rings is 1. The van der Waals surface area contributed by atoms with Crippen molar-refractivity contribution in [2.45, 2.75) is 11.5 Å². The van der Waals surface area contributed by atoms with E-state index in [2.05, 4.69) is 33.2 Å². The number of thiazole rings is 1. The molecule has 0 aliphatic heterocycles. The summed E-state index contributed by atoms with van der Waals surface area (Å²) >= 11 is 1.77. The zero-order chi connectivity index (χ0) is 13.6. The predicted octanol–water partition coefficient (Wildman–Crippen LogP) is 4.82. The molecule has 0 spiro atoms. The molecule has 3 aromatic rings. The molecule has 2 aromatic heterocycles. The summed E-state index contributed by atoms with van der Waals surface area (Å²) in [6, 6.07) is 8.28. The highest BCUT2D eigenvalue weighted by atomic mass is 33.5. The van der Waals surface area contributed by atoms with Crippen molar-refractivity contribution in [2.75, 3.05) is 0 Å². The van der Waals surface area contributed by atoms with Gasteiger partial charge in [0.2, 0.25) is 0 Å². The third kappa shape index (κ3) is 3.88. The van der Waals surface area contributed by atoms with E-state index in [1.807, 2.05) is 23.1 Å². The zero-order valence-corrected chi connectivity index (χ0v) is 13.7. The van der Waals surface area contributed by atoms with Crippen LogP contribution in [0.1, 0.15) is 10.7 Å². The summed E-state index contributed by atoms with van der Waals surface area (Å²) in [5, 5.41) is 1.18. The molecule has 102 valence electrons. The van der Waals surface area contributed by atoms with E-state index in [9.17, 15) is 0 Å². The molecule has 0 fully saturated rings. The van der Waals surface area contributed by atoms with Crippen molar-refractivity contribution in [3.8, 4) is 0 Å². The van der Waals surface area contributed by atoms with Crippen molar-refractivity contribution < 1.29 is 0 Å². The van der Waals surface area contributed by atoms with Gasteiger partial charge in [-0.2, -0.15) is 0 Å². The van der Waals surface area contributed by atoms with Crippen LogP contribution in [-0.4, -0.2) is 15.0 Å². The van der Waals surface area contributed by atoms with Crippen LogP contribution in [0.5, 0.6) is 0 Å². The van der Waals surface area contributed by atoms with Crippen molar-refractivity contribution in [2.24, 2.45) is 0 Å². The van der Waals surface area contributed by atoms with Gasteiger partial charge < -0.3 is 0 Å². The van der Waals surface area contributed by atoms with E-state index in [1.54, 1.807) is 44.4 Å². The average Bonchev–Trinajstić information content (AvgIpc) is 2.90. The third-order valence-corrected chi connectivity index (χ3v) is 7.67. The summed E-state index contributed by atoms with van der Waals surface area (Å²) in [7, 11) is 5.39. The minimum Gasteiger partial charge on any atom is -0.261 e. The summed E-state index contributed by atoms with van der Waals surface area (Å²) in [5.74, 6) is 1.82. The van der Waals surface area contributed by atoms with Gasteiger partial charge in [0, 0.05) is 24.3 Å². The normalized spacial score (nSPS) is 11.0. The smallest absolute Gasteiger partial charge is 0.105 e. The van der Waals surface area contributed by atoms with Gasteiger partial charge in [0.1, 0.15) is 5.01 Å². The highest BCUT2D eigenvalue weighted by molar-refractivity contribution is 9.09. The lowest BCUT2D eigenvalue weighted by Crippen LogP contribution is -1.84. The van der Waals surface area contributed by atoms with Crippen LogP contribution in [0.2, 0.25) is 0 Å². The van der Waals surface area contributed by atoms with Crippen LogP contribution in [0, 0.1) is 0 Å². The van der Waals surface area contributed by atoms with Crippen molar-refractivity contribution >= 4 is 53.0 Å². The van der Waals surface area contributed by atoms with E-state index < -0.39 is 0 Å². The first-order valence-electron chi connectivity index (χ1n) is 5.92. The van der Waals surface area contributed by atoms with Crippen molar-refractivity contribution in [3.63, 3.8) is 0 Å². The Morgan fingerprint density at radius 2 is 1.95 bits per heavy atom. The van der Waals surface area contributed by atoms with Crippen molar-refractivity contribution in [3.05, 3.63) is 53.6 Å². The first-order valence-corrected chi connectivity index (χ1v) is 10.6. The van der Waals surface area contributed by atoms with E-state index in [4.69, 9.17) is 0 Å². The maximum atomic E-state index is 4.62. The molecule has 2 heterocycles. The Morgan fingerprint density at radius 3 is 2.80 bits per heavy atom. The molecule has 0 radical (unpaired) electrons. The molecule has 0 bridgehead atoms. The summed E-state index contributed by atoms with van der Waals surface area (Å²) < 4.78 is 1.26. The van der Waals surface area contributed by atoms with Gasteiger partial charge in [-0.25, -0.2) is 4.98 Å². The van der Waals surface area contributed by atoms with Crippen LogP contribution in [-0.2, 0) is 11.5 Å². The Balaban J connectivity index is 1.43. The second-order valence-corrected chi connectivity index (χ2v) is 9.21. The fraction of sp³-hybridized carbons (Fsp3) is 0.154. The first kappa shape index (κ1) is 14.2. The van der Waals surface area contributed by atoms with Gasteiger partial charge in [-0.1, -0.05) is 33.7 Å². The van der Waals surface area contributed by atoms with Crippen LogP contribution >= 0.6 is 42.8 Å². The summed E-state index contributed by atoms with van der Waals surface area (Å²) in [5.41, 5.74) is 2.12. The molecular weight excluding hydrogens is 326 g/mol. The zero-order valence-electron chi connectivity index (χ0n) is 10.4. The van der Waals surface area contributed by atoms with Crippen molar-refractivity contribution in [1.29, 1.82) is 0 Å². The van der Waals surface area contributed by atoms with E-state index in [0.717, 1.165) is 22.7 Å². The van der Waals surface area contributed by atoms with Gasteiger partial charge in [0.15, 0.2) is 0 Å². The second kappa shape index (κ2) is 7.31. The van der Waals surface area contributed by atoms with E-state index in [1.165, 1.54) is 9.71 Å². The molecule has 3 rings (SSSR count). The highest BCUT2D eigenvalue weighted by Crippen LogP contribution is 2.39. The molecule has 0 unspecified atom stereocenters. The number of para-hydroxylation sites is 1. The molecule has 0 atom stereocenters. The molecule has 0 N–H and O–H groups in total. The molecule has 0 amide bonds. The van der Waals surface area contributed by atoms with Gasteiger partial charge in [0.25, 0.3) is 0 Å². The van der Waals surface area contributed by atoms with Crippen LogP contribution in [0.3, 0.4) is 0 Å². The SMILES string of the molecule is c1ccc2sc(CSSSCc3cnccn3)nc2c1. The molecule has 0 aliphatic rings. The summed E-state index contributed by atoms with van der Waals surface area (Å²) in [6.07, 6.45) is 5.24. The molecule has 7 heteroatoms. The van der Waals surface area contributed by atoms with Gasteiger partial charge in [0.05, 0.1) is 21.7 Å². The topological polar surface area (TPSA) is 38.7 Å². The largest absolute Gasteiger partial charge is 0.261 e. The quantitative estimate of drug-likeness (QED) is 0.474. The number of nitrogens with zero attached hydrogens (tertiary/aromatic N) is 3. The van der Waals surface area contributed by atoms with E-state index in [0.29, 0.717) is 0 Å². The molecule has 0 saturated heterocycles. The number of hydrogen-bond donors (Lipinski definition) is 0. The van der Waals surface area contributed by atoms with Crippen molar-refractivity contribution in [1.82, 2.24) is 15.0 Å². The number of fused-ring (bicyclic) bond motifs is 1. The Hall–Kier alpha value is -0.760. The van der Waals surface area contributed by atoms with Gasteiger partial charge in [-0.3, -0.25) is 9.97 Å². The van der Waals surface area contributed by atoms with E-state index in [-0.39, 0.29) is 0 Å². The molecular formula is C13H11N3S4. The minimum atomic E-state index is 0.880. The minimum absolute atomic E-state index is 0.880. The van der Waals surface area contributed by atoms with E-state index >= 15 is 0 Å². The lowest BCUT2D eigenvalue weighted by atomic mass is 10.3. The Labute approximate surface area is 132 Å². The standard InChI is InChI=1S/C13H11N3S4/c1-2-4-12-11(3-1)16-13(19-12)9-18-20-17-8-10-7-14-5-6-15-10/h1-7H,8-9H2. The third-order valence-electron chi connectivity index (χ3n) is 2.44. The molecule has 1 aromatic carbocycles. The van der Waals surface area contributed by atoms with Crippen LogP contribution in [0.4, 0.5) is 0 Å². The summed E-state index contributed by atoms with van der Waals surface area (Å²) in [6.45, 7) is 0. The maximum Gasteiger partial charge on any atom is 0.105 e. The lowest BCUT2D eigenvalue weighted by Gasteiger charge is -1.98.